The average molecular weight is 207 g/mol. The van der Waals surface area contributed by atoms with E-state index in [-0.39, 0.29) is 5.91 Å². The maximum absolute atomic E-state index is 11.9. The van der Waals surface area contributed by atoms with Gasteiger partial charge in [-0.3, -0.25) is 9.63 Å². The summed E-state index contributed by atoms with van der Waals surface area (Å²) in [4.78, 5) is 16.8. The molecule has 1 aromatic carbocycles. The minimum Gasteiger partial charge on any atom is -0.274 e. The van der Waals surface area contributed by atoms with Crippen molar-refractivity contribution in [3.63, 3.8) is 0 Å². The Morgan fingerprint density at radius 2 is 1.67 bits per heavy atom. The number of amides is 1. The number of hydrogen-bond donors (Lipinski definition) is 0. The lowest BCUT2D eigenvalue weighted by Gasteiger charge is -2.17. The van der Waals surface area contributed by atoms with Crippen LogP contribution in [0.1, 0.15) is 27.0 Å². The van der Waals surface area contributed by atoms with Gasteiger partial charge in [0.05, 0.1) is 7.11 Å². The zero-order chi connectivity index (χ0) is 11.6. The number of benzene rings is 1. The Bertz CT molecular complexity index is 362. The van der Waals surface area contributed by atoms with Gasteiger partial charge in [0.1, 0.15) is 0 Å². The number of carbonyl (C=O) groups excluding carboxylic acids is 1. The summed E-state index contributed by atoms with van der Waals surface area (Å²) in [6.07, 6.45) is 0. The van der Waals surface area contributed by atoms with E-state index in [0.29, 0.717) is 0 Å². The first kappa shape index (κ1) is 11.7. The standard InChI is InChI=1S/C12H17NO2/c1-8-6-9(2)11(10(3)7-8)12(14)13(4)15-5/h6-7H,1-5H3. The first-order valence-electron chi connectivity index (χ1n) is 4.87. The number of hydroxylamine groups is 2. The van der Waals surface area contributed by atoms with Crippen LogP contribution in [0.15, 0.2) is 12.1 Å². The second-order valence-electron chi connectivity index (χ2n) is 3.76. The third-order valence-electron chi connectivity index (χ3n) is 2.45. The van der Waals surface area contributed by atoms with Crippen LogP contribution in [0.5, 0.6) is 0 Å². The van der Waals surface area contributed by atoms with Gasteiger partial charge in [0.15, 0.2) is 0 Å². The van der Waals surface area contributed by atoms with Gasteiger partial charge in [0, 0.05) is 12.6 Å². The minimum atomic E-state index is -0.104. The molecule has 0 saturated carbocycles. The molecule has 0 fully saturated rings. The van der Waals surface area contributed by atoms with Crippen LogP contribution in [0.4, 0.5) is 0 Å². The molecule has 0 radical (unpaired) electrons. The Labute approximate surface area is 90.6 Å². The Hall–Kier alpha value is -1.35. The molecule has 1 rings (SSSR count). The van der Waals surface area contributed by atoms with E-state index in [0.717, 1.165) is 16.7 Å². The SMILES string of the molecule is CON(C)C(=O)c1c(C)cc(C)cc1C. The normalized spacial score (nSPS) is 10.2. The van der Waals surface area contributed by atoms with Crippen molar-refractivity contribution < 1.29 is 9.63 Å². The van der Waals surface area contributed by atoms with Gasteiger partial charge in [-0.2, -0.15) is 0 Å². The van der Waals surface area contributed by atoms with Crippen molar-refractivity contribution in [1.29, 1.82) is 0 Å². The molecule has 0 spiro atoms. The zero-order valence-corrected chi connectivity index (χ0v) is 9.92. The highest BCUT2D eigenvalue weighted by molar-refractivity contribution is 5.96. The summed E-state index contributed by atoms with van der Waals surface area (Å²) in [6, 6.07) is 4.01. The molecule has 0 aliphatic carbocycles. The molecule has 3 heteroatoms. The molecule has 0 atom stereocenters. The summed E-state index contributed by atoms with van der Waals surface area (Å²) in [5.74, 6) is -0.104. The van der Waals surface area contributed by atoms with Crippen LogP contribution in [0.25, 0.3) is 0 Å². The van der Waals surface area contributed by atoms with Crippen LogP contribution in [0.2, 0.25) is 0 Å². The smallest absolute Gasteiger partial charge is 0.274 e. The first-order chi connectivity index (χ1) is 6.97. The van der Waals surface area contributed by atoms with Crippen molar-refractivity contribution in [2.75, 3.05) is 14.2 Å². The van der Waals surface area contributed by atoms with E-state index in [1.54, 1.807) is 7.05 Å². The Balaban J connectivity index is 3.20. The summed E-state index contributed by atoms with van der Waals surface area (Å²) >= 11 is 0. The van der Waals surface area contributed by atoms with E-state index < -0.39 is 0 Å². The minimum absolute atomic E-state index is 0.104. The molecule has 0 bridgehead atoms. The van der Waals surface area contributed by atoms with Crippen molar-refractivity contribution >= 4 is 5.91 Å². The molecular weight excluding hydrogens is 190 g/mol. The predicted molar refractivity (Wildman–Crippen MR) is 59.8 cm³/mol. The zero-order valence-electron chi connectivity index (χ0n) is 9.92. The predicted octanol–water partition coefficient (Wildman–Crippen LogP) is 2.25. The third kappa shape index (κ3) is 2.36. The van der Waals surface area contributed by atoms with Crippen LogP contribution in [-0.4, -0.2) is 25.1 Å². The quantitative estimate of drug-likeness (QED) is 0.696. The maximum atomic E-state index is 11.9. The Kier molecular flexibility index (Phi) is 3.48. The molecule has 0 aliphatic heterocycles. The van der Waals surface area contributed by atoms with E-state index in [4.69, 9.17) is 4.84 Å². The fourth-order valence-electron chi connectivity index (χ4n) is 1.76. The summed E-state index contributed by atoms with van der Waals surface area (Å²) < 4.78 is 0. The highest BCUT2D eigenvalue weighted by Crippen LogP contribution is 2.17. The molecule has 0 unspecified atom stereocenters. The molecule has 15 heavy (non-hydrogen) atoms. The van der Waals surface area contributed by atoms with Crippen LogP contribution in [0.3, 0.4) is 0 Å². The van der Waals surface area contributed by atoms with Crippen molar-refractivity contribution in [1.82, 2.24) is 5.06 Å². The van der Waals surface area contributed by atoms with Crippen molar-refractivity contribution in [3.05, 3.63) is 34.4 Å². The lowest BCUT2D eigenvalue weighted by molar-refractivity contribution is -0.0757. The van der Waals surface area contributed by atoms with Crippen molar-refractivity contribution in [3.8, 4) is 0 Å². The van der Waals surface area contributed by atoms with Gasteiger partial charge in [0.25, 0.3) is 5.91 Å². The largest absolute Gasteiger partial charge is 0.277 e. The summed E-state index contributed by atoms with van der Waals surface area (Å²) in [5, 5.41) is 1.24. The maximum Gasteiger partial charge on any atom is 0.277 e. The highest BCUT2D eigenvalue weighted by Gasteiger charge is 2.16. The van der Waals surface area contributed by atoms with Gasteiger partial charge < -0.3 is 0 Å². The molecule has 0 N–H and O–H groups in total. The molecule has 1 aromatic rings. The fourth-order valence-corrected chi connectivity index (χ4v) is 1.76. The average Bonchev–Trinajstić information content (AvgIpc) is 2.14. The first-order valence-corrected chi connectivity index (χ1v) is 4.87. The number of aryl methyl sites for hydroxylation is 3. The van der Waals surface area contributed by atoms with Crippen molar-refractivity contribution in [2.45, 2.75) is 20.8 Å². The summed E-state index contributed by atoms with van der Waals surface area (Å²) in [5.41, 5.74) is 3.87. The third-order valence-corrected chi connectivity index (χ3v) is 2.45. The van der Waals surface area contributed by atoms with E-state index >= 15 is 0 Å². The molecular formula is C12H17NO2. The van der Waals surface area contributed by atoms with E-state index in [9.17, 15) is 4.79 Å². The number of hydrogen-bond acceptors (Lipinski definition) is 2. The summed E-state index contributed by atoms with van der Waals surface area (Å²) in [6.45, 7) is 5.90. The van der Waals surface area contributed by atoms with Gasteiger partial charge >= 0.3 is 0 Å². The lowest BCUT2D eigenvalue weighted by atomic mass is 9.99. The molecule has 0 aromatic heterocycles. The van der Waals surface area contributed by atoms with Gasteiger partial charge in [-0.05, 0) is 31.9 Å². The number of rotatable bonds is 2. The summed E-state index contributed by atoms with van der Waals surface area (Å²) in [7, 11) is 3.10. The van der Waals surface area contributed by atoms with Crippen LogP contribution < -0.4 is 0 Å². The monoisotopic (exact) mass is 207 g/mol. The van der Waals surface area contributed by atoms with Gasteiger partial charge in [0.2, 0.25) is 0 Å². The molecule has 3 nitrogen and oxygen atoms in total. The molecule has 82 valence electrons. The van der Waals surface area contributed by atoms with Crippen LogP contribution in [-0.2, 0) is 4.84 Å². The van der Waals surface area contributed by atoms with Crippen LogP contribution >= 0.6 is 0 Å². The highest BCUT2D eigenvalue weighted by atomic mass is 16.7. The molecule has 0 heterocycles. The van der Waals surface area contributed by atoms with Gasteiger partial charge in [-0.1, -0.05) is 17.7 Å². The topological polar surface area (TPSA) is 29.5 Å². The van der Waals surface area contributed by atoms with Gasteiger partial charge in [-0.25, -0.2) is 5.06 Å². The Morgan fingerprint density at radius 1 is 1.20 bits per heavy atom. The molecule has 1 amide bonds. The molecule has 0 aliphatic rings. The lowest BCUT2D eigenvalue weighted by Crippen LogP contribution is -2.26. The van der Waals surface area contributed by atoms with Crippen LogP contribution in [0, 0.1) is 20.8 Å². The fraction of sp³-hybridized carbons (Fsp3) is 0.417. The molecule has 0 saturated heterocycles. The van der Waals surface area contributed by atoms with E-state index in [2.05, 4.69) is 0 Å². The Morgan fingerprint density at radius 3 is 2.07 bits per heavy atom. The second-order valence-corrected chi connectivity index (χ2v) is 3.76. The number of nitrogens with zero attached hydrogens (tertiary/aromatic N) is 1. The number of carbonyl (C=O) groups is 1. The van der Waals surface area contributed by atoms with E-state index in [1.165, 1.54) is 17.7 Å². The van der Waals surface area contributed by atoms with Crippen molar-refractivity contribution in [2.24, 2.45) is 0 Å². The van der Waals surface area contributed by atoms with E-state index in [1.807, 2.05) is 32.9 Å². The van der Waals surface area contributed by atoms with Gasteiger partial charge in [-0.15, -0.1) is 0 Å². The second kappa shape index (κ2) is 4.45.